The summed E-state index contributed by atoms with van der Waals surface area (Å²) in [5.41, 5.74) is 0.532. The van der Waals surface area contributed by atoms with E-state index >= 15 is 0 Å². The number of ether oxygens (including phenoxy) is 2. The van der Waals surface area contributed by atoms with Crippen molar-refractivity contribution in [3.05, 3.63) is 57.8 Å². The van der Waals surface area contributed by atoms with Crippen LogP contribution in [0.5, 0.6) is 5.75 Å². The van der Waals surface area contributed by atoms with Crippen molar-refractivity contribution in [2.45, 2.75) is 32.9 Å². The second-order valence-electron chi connectivity index (χ2n) is 6.89. The molecule has 1 N–H and O–H groups in total. The number of benzene rings is 1. The van der Waals surface area contributed by atoms with Gasteiger partial charge in [0.2, 0.25) is 0 Å². The van der Waals surface area contributed by atoms with Gasteiger partial charge in [0, 0.05) is 17.0 Å². The Bertz CT molecular complexity index is 904. The lowest BCUT2D eigenvalue weighted by Gasteiger charge is -2.24. The van der Waals surface area contributed by atoms with Crippen molar-refractivity contribution >= 4 is 28.8 Å². The minimum atomic E-state index is -0.688. The quantitative estimate of drug-likeness (QED) is 0.401. The van der Waals surface area contributed by atoms with E-state index in [4.69, 9.17) is 9.47 Å². The maximum absolute atomic E-state index is 12.9. The zero-order valence-electron chi connectivity index (χ0n) is 16.8. The number of thiophene rings is 1. The van der Waals surface area contributed by atoms with Crippen molar-refractivity contribution in [1.29, 1.82) is 0 Å². The summed E-state index contributed by atoms with van der Waals surface area (Å²) in [7, 11) is 0. The maximum Gasteiger partial charge on any atom is 0.295 e. The first-order valence-electron chi connectivity index (χ1n) is 9.60. The lowest BCUT2D eigenvalue weighted by molar-refractivity contribution is -0.140. The summed E-state index contributed by atoms with van der Waals surface area (Å²) in [5, 5.41) is 12.9. The molecule has 3 rings (SSSR count). The first-order chi connectivity index (χ1) is 13.9. The second kappa shape index (κ2) is 9.24. The molecule has 6 nitrogen and oxygen atoms in total. The van der Waals surface area contributed by atoms with Crippen LogP contribution in [0.2, 0.25) is 0 Å². The molecule has 1 saturated heterocycles. The van der Waals surface area contributed by atoms with E-state index in [0.29, 0.717) is 24.5 Å². The second-order valence-corrected chi connectivity index (χ2v) is 7.87. The molecule has 1 atom stereocenters. The number of aliphatic hydroxyl groups excluding tert-OH is 1. The van der Waals surface area contributed by atoms with Gasteiger partial charge in [0.25, 0.3) is 11.7 Å². The smallest absolute Gasteiger partial charge is 0.295 e. The Morgan fingerprint density at radius 1 is 1.24 bits per heavy atom. The topological polar surface area (TPSA) is 76.1 Å². The third kappa shape index (κ3) is 4.52. The Morgan fingerprint density at radius 3 is 2.69 bits per heavy atom. The van der Waals surface area contributed by atoms with E-state index in [9.17, 15) is 14.7 Å². The monoisotopic (exact) mass is 415 g/mol. The van der Waals surface area contributed by atoms with E-state index in [1.165, 1.54) is 16.2 Å². The molecule has 1 aromatic heterocycles. The van der Waals surface area contributed by atoms with Gasteiger partial charge in [0.1, 0.15) is 11.5 Å². The van der Waals surface area contributed by atoms with Crippen molar-refractivity contribution in [2.75, 3.05) is 19.8 Å². The van der Waals surface area contributed by atoms with E-state index < -0.39 is 17.7 Å². The van der Waals surface area contributed by atoms with Gasteiger partial charge in [0.15, 0.2) is 0 Å². The number of nitrogens with zero attached hydrogens (tertiary/aromatic N) is 1. The van der Waals surface area contributed by atoms with Gasteiger partial charge in [-0.15, -0.1) is 11.3 Å². The predicted molar refractivity (Wildman–Crippen MR) is 112 cm³/mol. The Balaban J connectivity index is 2.03. The van der Waals surface area contributed by atoms with Gasteiger partial charge in [-0.25, -0.2) is 0 Å². The average molecular weight is 416 g/mol. The molecule has 7 heteroatoms. The molecular weight excluding hydrogens is 390 g/mol. The number of Topliss-reactive ketones (excluding diaryl/α,β-unsaturated/α-hetero) is 1. The standard InChI is InChI=1S/C22H25NO5S/c1-4-27-16-8-5-7-15(13-16)20(24)18-19(17-9-6-12-29-17)23(22(26)21(18)25)10-11-28-14(2)3/h5-9,12-14,19,24H,4,10-11H2,1-3H3/b20-18-. The first kappa shape index (κ1) is 21.1. The SMILES string of the molecule is CCOc1cccc(/C(O)=C2/C(=O)C(=O)N(CCOC(C)C)C2c2cccs2)c1. The highest BCUT2D eigenvalue weighted by molar-refractivity contribution is 7.10. The van der Waals surface area contributed by atoms with E-state index in [1.807, 2.05) is 38.3 Å². The molecule has 2 aromatic rings. The van der Waals surface area contributed by atoms with Gasteiger partial charge in [-0.1, -0.05) is 18.2 Å². The van der Waals surface area contributed by atoms with Crippen LogP contribution in [0.3, 0.4) is 0 Å². The fourth-order valence-electron chi connectivity index (χ4n) is 3.30. The van der Waals surface area contributed by atoms with E-state index in [0.717, 1.165) is 4.88 Å². The highest BCUT2D eigenvalue weighted by Crippen LogP contribution is 2.41. The molecule has 154 valence electrons. The maximum atomic E-state index is 12.9. The van der Waals surface area contributed by atoms with Crippen LogP contribution in [0.25, 0.3) is 5.76 Å². The molecule has 0 bridgehead atoms. The van der Waals surface area contributed by atoms with Gasteiger partial charge in [-0.05, 0) is 44.4 Å². The number of aliphatic hydroxyl groups is 1. The third-order valence-corrected chi connectivity index (χ3v) is 5.48. The van der Waals surface area contributed by atoms with Crippen molar-refractivity contribution in [1.82, 2.24) is 4.90 Å². The summed E-state index contributed by atoms with van der Waals surface area (Å²) in [6.07, 6.45) is 0.0216. The molecule has 0 saturated carbocycles. The first-order valence-corrected chi connectivity index (χ1v) is 10.5. The van der Waals surface area contributed by atoms with E-state index in [2.05, 4.69) is 0 Å². The van der Waals surface area contributed by atoms with Crippen molar-refractivity contribution in [3.63, 3.8) is 0 Å². The molecule has 1 amide bonds. The van der Waals surface area contributed by atoms with Crippen LogP contribution in [-0.2, 0) is 14.3 Å². The van der Waals surface area contributed by atoms with Crippen LogP contribution >= 0.6 is 11.3 Å². The number of carbonyl (C=O) groups excluding carboxylic acids is 2. The van der Waals surface area contributed by atoms with E-state index in [1.54, 1.807) is 24.3 Å². The molecular formula is C22H25NO5S. The lowest BCUT2D eigenvalue weighted by atomic mass is 10.00. The number of likely N-dealkylation sites (tertiary alicyclic amines) is 1. The molecule has 29 heavy (non-hydrogen) atoms. The molecule has 1 aliphatic rings. The number of carbonyl (C=O) groups is 2. The Hall–Kier alpha value is -2.64. The lowest BCUT2D eigenvalue weighted by Crippen LogP contribution is -2.33. The largest absolute Gasteiger partial charge is 0.507 e. The molecule has 0 radical (unpaired) electrons. The number of rotatable bonds is 8. The zero-order chi connectivity index (χ0) is 21.0. The van der Waals surface area contributed by atoms with Crippen LogP contribution in [0.4, 0.5) is 0 Å². The highest BCUT2D eigenvalue weighted by atomic mass is 32.1. The zero-order valence-corrected chi connectivity index (χ0v) is 17.6. The normalized spacial score (nSPS) is 18.6. The fourth-order valence-corrected chi connectivity index (χ4v) is 4.14. The van der Waals surface area contributed by atoms with Crippen molar-refractivity contribution < 1.29 is 24.2 Å². The summed E-state index contributed by atoms with van der Waals surface area (Å²) >= 11 is 1.44. The van der Waals surface area contributed by atoms with Crippen LogP contribution in [0.1, 0.15) is 37.3 Å². The Morgan fingerprint density at radius 2 is 2.03 bits per heavy atom. The summed E-state index contributed by atoms with van der Waals surface area (Å²) in [4.78, 5) is 27.9. The Kier molecular flexibility index (Phi) is 6.71. The van der Waals surface area contributed by atoms with Gasteiger partial charge >= 0.3 is 0 Å². The van der Waals surface area contributed by atoms with Crippen LogP contribution in [0.15, 0.2) is 47.4 Å². The number of hydrogen-bond acceptors (Lipinski definition) is 6. The number of ketones is 1. The Labute approximate surface area is 174 Å². The van der Waals surface area contributed by atoms with Gasteiger partial charge in [0.05, 0.1) is 30.9 Å². The molecule has 1 aromatic carbocycles. The summed E-state index contributed by atoms with van der Waals surface area (Å²) in [6.45, 7) is 6.76. The van der Waals surface area contributed by atoms with Crippen molar-refractivity contribution in [2.24, 2.45) is 0 Å². The highest BCUT2D eigenvalue weighted by Gasteiger charge is 2.46. The minimum Gasteiger partial charge on any atom is -0.507 e. The summed E-state index contributed by atoms with van der Waals surface area (Å²) in [6, 6.07) is 9.97. The number of amides is 1. The third-order valence-electron chi connectivity index (χ3n) is 4.55. The van der Waals surface area contributed by atoms with E-state index in [-0.39, 0.29) is 24.0 Å². The minimum absolute atomic E-state index is 0.0216. The predicted octanol–water partition coefficient (Wildman–Crippen LogP) is 3.99. The fraction of sp³-hybridized carbons (Fsp3) is 0.364. The number of hydrogen-bond donors (Lipinski definition) is 1. The van der Waals surface area contributed by atoms with Crippen LogP contribution in [0, 0.1) is 0 Å². The summed E-state index contributed by atoms with van der Waals surface area (Å²) in [5.74, 6) is -0.926. The summed E-state index contributed by atoms with van der Waals surface area (Å²) < 4.78 is 11.1. The molecule has 2 heterocycles. The average Bonchev–Trinajstić information content (AvgIpc) is 3.30. The van der Waals surface area contributed by atoms with Gasteiger partial charge < -0.3 is 19.5 Å². The van der Waals surface area contributed by atoms with Crippen LogP contribution < -0.4 is 4.74 Å². The van der Waals surface area contributed by atoms with Crippen molar-refractivity contribution in [3.8, 4) is 5.75 Å². The van der Waals surface area contributed by atoms with Gasteiger partial charge in [-0.3, -0.25) is 9.59 Å². The van der Waals surface area contributed by atoms with Crippen LogP contribution in [-0.4, -0.2) is 47.6 Å². The molecule has 1 unspecified atom stereocenters. The molecule has 0 spiro atoms. The molecule has 1 aliphatic heterocycles. The molecule has 0 aliphatic carbocycles. The molecule has 1 fully saturated rings. The van der Waals surface area contributed by atoms with Gasteiger partial charge in [-0.2, -0.15) is 0 Å².